The minimum absolute atomic E-state index is 0.0455. The molecule has 1 N–H and O–H groups in total. The van der Waals surface area contributed by atoms with Gasteiger partial charge < -0.3 is 9.84 Å². The summed E-state index contributed by atoms with van der Waals surface area (Å²) in [6, 6.07) is 7.26. The monoisotopic (exact) mass is 306 g/mol. The van der Waals surface area contributed by atoms with E-state index in [-0.39, 0.29) is 11.9 Å². The number of ether oxygens (including phenoxy) is 1. The molecule has 3 nitrogen and oxygen atoms in total. The summed E-state index contributed by atoms with van der Waals surface area (Å²) < 4.78 is 5.57. The number of fused-ring (bicyclic) bond motifs is 2. The lowest BCUT2D eigenvalue weighted by atomic mass is 9.89. The molecule has 2 bridgehead atoms. The summed E-state index contributed by atoms with van der Waals surface area (Å²) in [6.07, 6.45) is 3.96. The van der Waals surface area contributed by atoms with E-state index in [1.807, 2.05) is 30.8 Å². The zero-order valence-corrected chi connectivity index (χ0v) is 13.4. The fourth-order valence-electron chi connectivity index (χ4n) is 3.18. The van der Waals surface area contributed by atoms with E-state index in [9.17, 15) is 9.90 Å². The third kappa shape index (κ3) is 2.97. The van der Waals surface area contributed by atoms with Crippen molar-refractivity contribution >= 4 is 17.7 Å². The minimum Gasteiger partial charge on any atom is -0.426 e. The molecule has 2 aliphatic rings. The fraction of sp³-hybridized carbons (Fsp3) is 0.588. The van der Waals surface area contributed by atoms with Gasteiger partial charge in [0, 0.05) is 10.5 Å². The van der Waals surface area contributed by atoms with Crippen LogP contribution < -0.4 is 4.74 Å². The highest BCUT2D eigenvalue weighted by Gasteiger charge is 2.44. The Balaban J connectivity index is 1.70. The number of benzene rings is 1. The van der Waals surface area contributed by atoms with Crippen LogP contribution in [0.25, 0.3) is 0 Å². The van der Waals surface area contributed by atoms with Gasteiger partial charge in [-0.25, -0.2) is 0 Å². The van der Waals surface area contributed by atoms with Crippen molar-refractivity contribution in [1.82, 2.24) is 0 Å². The third-order valence-corrected chi connectivity index (χ3v) is 6.50. The Morgan fingerprint density at radius 1 is 1.48 bits per heavy atom. The van der Waals surface area contributed by atoms with Gasteiger partial charge in [-0.3, -0.25) is 4.79 Å². The highest BCUT2D eigenvalue weighted by molar-refractivity contribution is 8.01. The van der Waals surface area contributed by atoms with Gasteiger partial charge in [-0.2, -0.15) is 11.8 Å². The number of esters is 1. The van der Waals surface area contributed by atoms with E-state index in [4.69, 9.17) is 4.74 Å². The SMILES string of the molecule is CCC(C)(O)c1cccc(OC(=O)C2CC3CCC2S3)c1. The molecule has 3 rings (SSSR count). The van der Waals surface area contributed by atoms with Crippen molar-refractivity contribution < 1.29 is 14.6 Å². The van der Waals surface area contributed by atoms with Gasteiger partial charge in [-0.05, 0) is 50.3 Å². The number of aliphatic hydroxyl groups is 1. The van der Waals surface area contributed by atoms with Crippen molar-refractivity contribution in [3.63, 3.8) is 0 Å². The van der Waals surface area contributed by atoms with Crippen LogP contribution in [-0.2, 0) is 10.4 Å². The standard InChI is InChI=1S/C17H22O3S/c1-3-17(2,19)11-5-4-6-12(9-11)20-16(18)14-10-13-7-8-15(14)21-13/h4-6,9,13-15,19H,3,7-8,10H2,1-2H3. The predicted octanol–water partition coefficient (Wildman–Crippen LogP) is 3.49. The molecule has 21 heavy (non-hydrogen) atoms. The predicted molar refractivity (Wildman–Crippen MR) is 84.4 cm³/mol. The second-order valence-electron chi connectivity index (χ2n) is 6.29. The summed E-state index contributed by atoms with van der Waals surface area (Å²) in [5.41, 5.74) is -0.0948. The van der Waals surface area contributed by atoms with Crippen LogP contribution in [0.3, 0.4) is 0 Å². The smallest absolute Gasteiger partial charge is 0.315 e. The van der Waals surface area contributed by atoms with E-state index < -0.39 is 5.60 Å². The quantitative estimate of drug-likeness (QED) is 0.683. The van der Waals surface area contributed by atoms with Gasteiger partial charge in [0.1, 0.15) is 5.75 Å². The zero-order chi connectivity index (χ0) is 15.0. The first-order valence-corrected chi connectivity index (χ1v) is 8.64. The molecule has 2 fully saturated rings. The summed E-state index contributed by atoms with van der Waals surface area (Å²) in [5, 5.41) is 11.4. The van der Waals surface area contributed by atoms with Crippen LogP contribution in [-0.4, -0.2) is 21.6 Å². The van der Waals surface area contributed by atoms with Gasteiger partial charge in [0.15, 0.2) is 0 Å². The summed E-state index contributed by atoms with van der Waals surface area (Å²) in [6.45, 7) is 3.71. The molecule has 4 atom stereocenters. The molecule has 1 aromatic rings. The second kappa shape index (κ2) is 5.65. The topological polar surface area (TPSA) is 46.5 Å². The molecule has 0 aliphatic carbocycles. The number of carbonyl (C=O) groups excluding carboxylic acids is 1. The summed E-state index contributed by atoms with van der Waals surface area (Å²) in [4.78, 5) is 12.3. The molecule has 114 valence electrons. The van der Waals surface area contributed by atoms with E-state index in [2.05, 4.69) is 0 Å². The second-order valence-corrected chi connectivity index (χ2v) is 7.84. The van der Waals surface area contributed by atoms with Crippen LogP contribution in [0.2, 0.25) is 0 Å². The molecule has 4 unspecified atom stereocenters. The molecule has 0 radical (unpaired) electrons. The molecular weight excluding hydrogens is 284 g/mol. The van der Waals surface area contributed by atoms with Crippen molar-refractivity contribution in [2.75, 3.05) is 0 Å². The van der Waals surface area contributed by atoms with Crippen molar-refractivity contribution in [2.45, 2.75) is 55.6 Å². The fourth-order valence-corrected chi connectivity index (χ4v) is 4.95. The Morgan fingerprint density at radius 3 is 2.90 bits per heavy atom. The Hall–Kier alpha value is -1.00. The van der Waals surface area contributed by atoms with Crippen molar-refractivity contribution in [2.24, 2.45) is 5.92 Å². The number of hydrogen-bond acceptors (Lipinski definition) is 4. The van der Waals surface area contributed by atoms with Gasteiger partial charge in [-0.1, -0.05) is 19.1 Å². The average Bonchev–Trinajstić information content (AvgIpc) is 3.10. The summed E-state index contributed by atoms with van der Waals surface area (Å²) in [5.74, 6) is 0.478. The lowest BCUT2D eigenvalue weighted by Crippen LogP contribution is -2.28. The van der Waals surface area contributed by atoms with E-state index in [0.717, 1.165) is 18.4 Å². The zero-order valence-electron chi connectivity index (χ0n) is 12.5. The van der Waals surface area contributed by atoms with E-state index in [0.29, 0.717) is 22.7 Å². The Morgan fingerprint density at radius 2 is 2.29 bits per heavy atom. The maximum Gasteiger partial charge on any atom is 0.315 e. The Labute approximate surface area is 130 Å². The van der Waals surface area contributed by atoms with Crippen molar-refractivity contribution in [3.8, 4) is 5.75 Å². The highest BCUT2D eigenvalue weighted by atomic mass is 32.2. The van der Waals surface area contributed by atoms with E-state index >= 15 is 0 Å². The minimum atomic E-state index is -0.884. The van der Waals surface area contributed by atoms with Crippen molar-refractivity contribution in [1.29, 1.82) is 0 Å². The molecule has 0 spiro atoms. The molecule has 1 aromatic carbocycles. The first-order chi connectivity index (χ1) is 9.99. The molecule has 4 heteroatoms. The van der Waals surface area contributed by atoms with Crippen LogP contribution in [0.5, 0.6) is 5.75 Å². The van der Waals surface area contributed by atoms with Gasteiger partial charge in [0.25, 0.3) is 0 Å². The molecular formula is C17H22O3S. The molecule has 0 amide bonds. The first-order valence-electron chi connectivity index (χ1n) is 7.69. The molecule has 2 aliphatic heterocycles. The third-order valence-electron chi connectivity index (χ3n) is 4.77. The van der Waals surface area contributed by atoms with E-state index in [1.165, 1.54) is 6.42 Å². The number of rotatable bonds is 4. The van der Waals surface area contributed by atoms with Gasteiger partial charge >= 0.3 is 5.97 Å². The first kappa shape index (κ1) is 14.9. The Kier molecular flexibility index (Phi) is 4.02. The van der Waals surface area contributed by atoms with Gasteiger partial charge in [0.2, 0.25) is 0 Å². The summed E-state index contributed by atoms with van der Waals surface area (Å²) in [7, 11) is 0. The maximum atomic E-state index is 12.3. The van der Waals surface area contributed by atoms with Crippen LogP contribution in [0.1, 0.15) is 45.1 Å². The molecule has 0 saturated carbocycles. The highest BCUT2D eigenvalue weighted by Crippen LogP contribution is 2.49. The number of hydrogen-bond donors (Lipinski definition) is 1. The van der Waals surface area contributed by atoms with Gasteiger partial charge in [-0.15, -0.1) is 0 Å². The van der Waals surface area contributed by atoms with Crippen LogP contribution >= 0.6 is 11.8 Å². The number of thioether (sulfide) groups is 1. The van der Waals surface area contributed by atoms with Crippen LogP contribution in [0.15, 0.2) is 24.3 Å². The number of carbonyl (C=O) groups is 1. The normalized spacial score (nSPS) is 30.1. The van der Waals surface area contributed by atoms with Gasteiger partial charge in [0.05, 0.1) is 11.5 Å². The molecule has 2 saturated heterocycles. The largest absolute Gasteiger partial charge is 0.426 e. The van der Waals surface area contributed by atoms with Crippen LogP contribution in [0, 0.1) is 5.92 Å². The van der Waals surface area contributed by atoms with E-state index in [1.54, 1.807) is 19.1 Å². The lowest BCUT2D eigenvalue weighted by molar-refractivity contribution is -0.139. The van der Waals surface area contributed by atoms with Crippen LogP contribution in [0.4, 0.5) is 0 Å². The van der Waals surface area contributed by atoms with Crippen molar-refractivity contribution in [3.05, 3.63) is 29.8 Å². The lowest BCUT2D eigenvalue weighted by Gasteiger charge is -2.23. The molecule has 0 aromatic heterocycles. The average molecular weight is 306 g/mol. The molecule has 2 heterocycles. The summed E-state index contributed by atoms with van der Waals surface area (Å²) >= 11 is 1.95. The Bertz CT molecular complexity index is 541. The maximum absolute atomic E-state index is 12.3.